The summed E-state index contributed by atoms with van der Waals surface area (Å²) in [6, 6.07) is -0.0794. The molecule has 1 saturated heterocycles. The Labute approximate surface area is 73.5 Å². The first-order valence-electron chi connectivity index (χ1n) is 4.36. The summed E-state index contributed by atoms with van der Waals surface area (Å²) < 4.78 is 5.21. The number of carbonyl (C=O) groups excluding carboxylic acids is 1. The predicted octanol–water partition coefficient (Wildman–Crippen LogP) is 0.936. The maximum atomic E-state index is 11.4. The van der Waals surface area contributed by atoms with Gasteiger partial charge in [0.1, 0.15) is 11.6 Å². The number of hydrogen-bond donors (Lipinski definition) is 1. The zero-order chi connectivity index (χ0) is 9.35. The molecule has 2 atom stereocenters. The third-order valence-electron chi connectivity index (χ3n) is 1.89. The molecule has 0 spiro atoms. The molecule has 0 aromatic carbocycles. The quantitative estimate of drug-likeness (QED) is 0.597. The molecule has 0 bridgehead atoms. The highest BCUT2D eigenvalue weighted by molar-refractivity contribution is 5.77. The standard InChI is InChI=1S/C9H17NO2/c1-6-5-10-7(6)8(11)12-9(2,3)4/h6-7,10H,5H2,1-4H3/t6-,7+/m1/s1. The van der Waals surface area contributed by atoms with Crippen molar-refractivity contribution in [3.63, 3.8) is 0 Å². The van der Waals surface area contributed by atoms with Crippen molar-refractivity contribution in [3.05, 3.63) is 0 Å². The van der Waals surface area contributed by atoms with Gasteiger partial charge in [0.15, 0.2) is 0 Å². The molecule has 1 aliphatic rings. The predicted molar refractivity (Wildman–Crippen MR) is 46.8 cm³/mol. The maximum absolute atomic E-state index is 11.4. The Morgan fingerprint density at radius 2 is 2.08 bits per heavy atom. The number of nitrogens with one attached hydrogen (secondary N) is 1. The van der Waals surface area contributed by atoms with E-state index in [0.29, 0.717) is 5.92 Å². The van der Waals surface area contributed by atoms with Crippen molar-refractivity contribution < 1.29 is 9.53 Å². The molecule has 1 N–H and O–H groups in total. The largest absolute Gasteiger partial charge is 0.459 e. The summed E-state index contributed by atoms with van der Waals surface area (Å²) in [6.07, 6.45) is 0. The summed E-state index contributed by atoms with van der Waals surface area (Å²) in [5.41, 5.74) is -0.367. The third-order valence-corrected chi connectivity index (χ3v) is 1.89. The molecule has 0 saturated carbocycles. The fourth-order valence-corrected chi connectivity index (χ4v) is 1.15. The van der Waals surface area contributed by atoms with Crippen molar-refractivity contribution in [2.24, 2.45) is 5.92 Å². The molecule has 0 amide bonds. The van der Waals surface area contributed by atoms with Gasteiger partial charge in [-0.25, -0.2) is 0 Å². The highest BCUT2D eigenvalue weighted by Gasteiger charge is 2.35. The normalized spacial score (nSPS) is 29.3. The van der Waals surface area contributed by atoms with Crippen LogP contribution in [0.4, 0.5) is 0 Å². The first-order chi connectivity index (χ1) is 5.40. The lowest BCUT2D eigenvalue weighted by Gasteiger charge is -2.35. The van der Waals surface area contributed by atoms with Crippen LogP contribution in [-0.2, 0) is 9.53 Å². The van der Waals surface area contributed by atoms with Crippen LogP contribution in [0.15, 0.2) is 0 Å². The summed E-state index contributed by atoms with van der Waals surface area (Å²) in [5, 5.41) is 3.04. The SMILES string of the molecule is C[C@@H]1CN[C@@H]1C(=O)OC(C)(C)C. The Morgan fingerprint density at radius 3 is 2.33 bits per heavy atom. The highest BCUT2D eigenvalue weighted by atomic mass is 16.6. The minimum Gasteiger partial charge on any atom is -0.459 e. The van der Waals surface area contributed by atoms with Crippen LogP contribution in [0, 0.1) is 5.92 Å². The minimum absolute atomic E-state index is 0.0794. The van der Waals surface area contributed by atoms with E-state index in [1.165, 1.54) is 0 Å². The van der Waals surface area contributed by atoms with E-state index in [1.807, 2.05) is 27.7 Å². The van der Waals surface area contributed by atoms with Crippen LogP contribution >= 0.6 is 0 Å². The first-order valence-corrected chi connectivity index (χ1v) is 4.36. The van der Waals surface area contributed by atoms with Gasteiger partial charge < -0.3 is 10.1 Å². The van der Waals surface area contributed by atoms with Crippen LogP contribution in [0.5, 0.6) is 0 Å². The molecule has 12 heavy (non-hydrogen) atoms. The van der Waals surface area contributed by atoms with E-state index in [2.05, 4.69) is 5.32 Å². The fraction of sp³-hybridized carbons (Fsp3) is 0.889. The number of carbonyl (C=O) groups is 1. The summed E-state index contributed by atoms with van der Waals surface area (Å²) >= 11 is 0. The molecule has 0 radical (unpaired) electrons. The van der Waals surface area contributed by atoms with E-state index < -0.39 is 0 Å². The molecule has 1 rings (SSSR count). The third kappa shape index (κ3) is 2.21. The summed E-state index contributed by atoms with van der Waals surface area (Å²) in [6.45, 7) is 8.62. The average Bonchev–Trinajstić information content (AvgIpc) is 1.79. The van der Waals surface area contributed by atoms with E-state index >= 15 is 0 Å². The highest BCUT2D eigenvalue weighted by Crippen LogP contribution is 2.17. The van der Waals surface area contributed by atoms with Gasteiger partial charge in [-0.3, -0.25) is 4.79 Å². The Kier molecular flexibility index (Phi) is 2.42. The lowest BCUT2D eigenvalue weighted by molar-refractivity contribution is -0.161. The molecule has 0 aromatic heterocycles. The smallest absolute Gasteiger partial charge is 0.323 e. The van der Waals surface area contributed by atoms with Crippen molar-refractivity contribution >= 4 is 5.97 Å². The molecule has 1 fully saturated rings. The summed E-state index contributed by atoms with van der Waals surface area (Å²) in [5.74, 6) is 0.293. The Morgan fingerprint density at radius 1 is 1.50 bits per heavy atom. The zero-order valence-corrected chi connectivity index (χ0v) is 8.18. The second kappa shape index (κ2) is 3.05. The molecule has 1 heterocycles. The fourth-order valence-electron chi connectivity index (χ4n) is 1.15. The molecule has 0 aliphatic carbocycles. The molecular formula is C9H17NO2. The van der Waals surface area contributed by atoms with E-state index in [0.717, 1.165) is 6.54 Å². The molecule has 0 aromatic rings. The summed E-state index contributed by atoms with van der Waals surface area (Å²) in [7, 11) is 0. The van der Waals surface area contributed by atoms with Crippen molar-refractivity contribution in [2.45, 2.75) is 39.3 Å². The van der Waals surface area contributed by atoms with Crippen LogP contribution in [0.3, 0.4) is 0 Å². The van der Waals surface area contributed by atoms with E-state index in [4.69, 9.17) is 4.74 Å². The van der Waals surface area contributed by atoms with Crippen LogP contribution < -0.4 is 5.32 Å². The van der Waals surface area contributed by atoms with Gasteiger partial charge in [0.2, 0.25) is 0 Å². The topological polar surface area (TPSA) is 38.3 Å². The first kappa shape index (κ1) is 9.52. The Balaban J connectivity index is 2.39. The van der Waals surface area contributed by atoms with Crippen molar-refractivity contribution in [2.75, 3.05) is 6.54 Å². The van der Waals surface area contributed by atoms with Gasteiger partial charge in [0, 0.05) is 6.54 Å². The molecular weight excluding hydrogens is 154 g/mol. The molecule has 3 nitrogen and oxygen atoms in total. The van der Waals surface area contributed by atoms with E-state index in [-0.39, 0.29) is 17.6 Å². The lowest BCUT2D eigenvalue weighted by Crippen LogP contribution is -2.57. The monoisotopic (exact) mass is 171 g/mol. The van der Waals surface area contributed by atoms with Gasteiger partial charge in [-0.15, -0.1) is 0 Å². The minimum atomic E-state index is -0.367. The van der Waals surface area contributed by atoms with Gasteiger partial charge in [-0.05, 0) is 26.7 Å². The number of esters is 1. The van der Waals surface area contributed by atoms with Crippen LogP contribution in [0.1, 0.15) is 27.7 Å². The van der Waals surface area contributed by atoms with Gasteiger partial charge in [-0.1, -0.05) is 6.92 Å². The number of rotatable bonds is 1. The summed E-state index contributed by atoms with van der Waals surface area (Å²) in [4.78, 5) is 11.4. The maximum Gasteiger partial charge on any atom is 0.323 e. The van der Waals surface area contributed by atoms with Gasteiger partial charge in [-0.2, -0.15) is 0 Å². The average molecular weight is 171 g/mol. The van der Waals surface area contributed by atoms with Crippen LogP contribution in [-0.4, -0.2) is 24.2 Å². The Bertz CT molecular complexity index is 183. The molecule has 1 aliphatic heterocycles. The Hall–Kier alpha value is -0.570. The van der Waals surface area contributed by atoms with Crippen molar-refractivity contribution in [3.8, 4) is 0 Å². The van der Waals surface area contributed by atoms with Gasteiger partial charge >= 0.3 is 5.97 Å². The van der Waals surface area contributed by atoms with Crippen molar-refractivity contribution in [1.82, 2.24) is 5.32 Å². The second-order valence-corrected chi connectivity index (χ2v) is 4.40. The number of ether oxygens (including phenoxy) is 1. The molecule has 70 valence electrons. The van der Waals surface area contributed by atoms with Crippen LogP contribution in [0.2, 0.25) is 0 Å². The van der Waals surface area contributed by atoms with Gasteiger partial charge in [0.25, 0.3) is 0 Å². The van der Waals surface area contributed by atoms with E-state index in [1.54, 1.807) is 0 Å². The molecule has 3 heteroatoms. The van der Waals surface area contributed by atoms with Crippen LogP contribution in [0.25, 0.3) is 0 Å². The second-order valence-electron chi connectivity index (χ2n) is 4.40. The lowest BCUT2D eigenvalue weighted by atomic mass is 9.94. The zero-order valence-electron chi connectivity index (χ0n) is 8.18. The van der Waals surface area contributed by atoms with Gasteiger partial charge in [0.05, 0.1) is 0 Å². The number of hydrogen-bond acceptors (Lipinski definition) is 3. The van der Waals surface area contributed by atoms with E-state index in [9.17, 15) is 4.79 Å². The molecule has 0 unspecified atom stereocenters. The van der Waals surface area contributed by atoms with Crippen molar-refractivity contribution in [1.29, 1.82) is 0 Å².